The predicted molar refractivity (Wildman–Crippen MR) is 88.2 cm³/mol. The minimum atomic E-state index is -0.310. The fourth-order valence-corrected chi connectivity index (χ4v) is 2.68. The number of rotatable bonds is 6. The van der Waals surface area contributed by atoms with Crippen molar-refractivity contribution in [3.05, 3.63) is 35.4 Å². The number of esters is 1. The molecule has 6 heteroatoms. The van der Waals surface area contributed by atoms with Gasteiger partial charge in [0.1, 0.15) is 0 Å². The van der Waals surface area contributed by atoms with Crippen LogP contribution in [0.15, 0.2) is 24.3 Å². The first kappa shape index (κ1) is 17.4. The quantitative estimate of drug-likeness (QED) is 0.783. The van der Waals surface area contributed by atoms with Gasteiger partial charge in [0.25, 0.3) is 0 Å². The van der Waals surface area contributed by atoms with Gasteiger partial charge in [-0.25, -0.2) is 4.79 Å². The monoisotopic (exact) mass is 319 g/mol. The molecule has 126 valence electrons. The highest BCUT2D eigenvalue weighted by atomic mass is 16.5. The fourth-order valence-electron chi connectivity index (χ4n) is 2.68. The molecule has 1 aromatic rings. The van der Waals surface area contributed by atoms with Crippen LogP contribution in [0.4, 0.5) is 0 Å². The van der Waals surface area contributed by atoms with Gasteiger partial charge in [-0.2, -0.15) is 0 Å². The van der Waals surface area contributed by atoms with Crippen molar-refractivity contribution < 1.29 is 14.3 Å². The van der Waals surface area contributed by atoms with E-state index < -0.39 is 0 Å². The van der Waals surface area contributed by atoms with Crippen molar-refractivity contribution >= 4 is 11.9 Å². The zero-order chi connectivity index (χ0) is 16.7. The third kappa shape index (κ3) is 5.33. The second-order valence-corrected chi connectivity index (χ2v) is 5.69. The molecule has 0 saturated carbocycles. The van der Waals surface area contributed by atoms with E-state index in [1.54, 1.807) is 12.1 Å². The first-order valence-electron chi connectivity index (χ1n) is 8.01. The summed E-state index contributed by atoms with van der Waals surface area (Å²) >= 11 is 0. The van der Waals surface area contributed by atoms with Crippen molar-refractivity contribution in [2.24, 2.45) is 0 Å². The lowest BCUT2D eigenvalue weighted by atomic mass is 10.1. The van der Waals surface area contributed by atoms with Crippen LogP contribution in [0.1, 0.15) is 22.8 Å². The number of nitrogens with one attached hydrogen (secondary N) is 1. The van der Waals surface area contributed by atoms with Crippen LogP contribution in [-0.2, 0) is 16.1 Å². The molecule has 0 unspecified atom stereocenters. The highest BCUT2D eigenvalue weighted by Gasteiger charge is 2.18. The maximum Gasteiger partial charge on any atom is 0.337 e. The molecule has 2 rings (SSSR count). The molecule has 1 fully saturated rings. The third-order valence-corrected chi connectivity index (χ3v) is 3.99. The summed E-state index contributed by atoms with van der Waals surface area (Å²) in [6, 6.07) is 7.53. The van der Waals surface area contributed by atoms with Crippen LogP contribution in [0.3, 0.4) is 0 Å². The lowest BCUT2D eigenvalue weighted by Crippen LogP contribution is -2.49. The largest absolute Gasteiger partial charge is 0.465 e. The van der Waals surface area contributed by atoms with Crippen LogP contribution in [0.5, 0.6) is 0 Å². The van der Waals surface area contributed by atoms with Crippen LogP contribution in [0.25, 0.3) is 0 Å². The molecule has 1 heterocycles. The number of piperazine rings is 1. The fraction of sp³-hybridized carbons (Fsp3) is 0.529. The summed E-state index contributed by atoms with van der Waals surface area (Å²) in [6.45, 7) is 7.64. The Labute approximate surface area is 137 Å². The van der Waals surface area contributed by atoms with E-state index in [0.29, 0.717) is 18.7 Å². The van der Waals surface area contributed by atoms with E-state index in [4.69, 9.17) is 4.74 Å². The number of hydrogen-bond acceptors (Lipinski definition) is 5. The van der Waals surface area contributed by atoms with Gasteiger partial charge >= 0.3 is 5.97 Å². The SMILES string of the molecule is CCNC(=O)CN1CCN(Cc2ccc(C(=O)OC)cc2)CC1. The van der Waals surface area contributed by atoms with Crippen LogP contribution < -0.4 is 5.32 Å². The number of amides is 1. The van der Waals surface area contributed by atoms with Crippen LogP contribution >= 0.6 is 0 Å². The second kappa shape index (κ2) is 8.64. The first-order chi connectivity index (χ1) is 11.1. The van der Waals surface area contributed by atoms with Gasteiger partial charge in [-0.15, -0.1) is 0 Å². The van der Waals surface area contributed by atoms with Crippen LogP contribution in [0, 0.1) is 0 Å². The molecule has 0 spiro atoms. The first-order valence-corrected chi connectivity index (χ1v) is 8.01. The molecule has 1 aliphatic heterocycles. The summed E-state index contributed by atoms with van der Waals surface area (Å²) in [4.78, 5) is 27.6. The summed E-state index contributed by atoms with van der Waals surface area (Å²) in [5.74, 6) is -0.213. The second-order valence-electron chi connectivity index (χ2n) is 5.69. The third-order valence-electron chi connectivity index (χ3n) is 3.99. The Morgan fingerprint density at radius 2 is 1.70 bits per heavy atom. The number of hydrogen-bond donors (Lipinski definition) is 1. The summed E-state index contributed by atoms with van der Waals surface area (Å²) in [6.07, 6.45) is 0. The molecule has 0 atom stereocenters. The Kier molecular flexibility index (Phi) is 6.55. The minimum Gasteiger partial charge on any atom is -0.465 e. The predicted octanol–water partition coefficient (Wildman–Crippen LogP) is 0.727. The van der Waals surface area contributed by atoms with Gasteiger partial charge in [0, 0.05) is 39.3 Å². The summed E-state index contributed by atoms with van der Waals surface area (Å²) in [5.41, 5.74) is 1.75. The van der Waals surface area contributed by atoms with Crippen molar-refractivity contribution in [3.63, 3.8) is 0 Å². The molecule has 1 saturated heterocycles. The number of nitrogens with zero attached hydrogens (tertiary/aromatic N) is 2. The lowest BCUT2D eigenvalue weighted by molar-refractivity contribution is -0.122. The Morgan fingerprint density at radius 1 is 1.09 bits per heavy atom. The van der Waals surface area contributed by atoms with Gasteiger partial charge in [-0.1, -0.05) is 12.1 Å². The normalized spacial score (nSPS) is 16.1. The number of carbonyl (C=O) groups excluding carboxylic acids is 2. The molecular weight excluding hydrogens is 294 g/mol. The van der Waals surface area contributed by atoms with Gasteiger partial charge in [-0.3, -0.25) is 14.6 Å². The molecule has 1 N–H and O–H groups in total. The van der Waals surface area contributed by atoms with Gasteiger partial charge in [0.2, 0.25) is 5.91 Å². The minimum absolute atomic E-state index is 0.0966. The van der Waals surface area contributed by atoms with E-state index in [9.17, 15) is 9.59 Å². The molecule has 23 heavy (non-hydrogen) atoms. The van der Waals surface area contributed by atoms with Crippen molar-refractivity contribution in [1.29, 1.82) is 0 Å². The van der Waals surface area contributed by atoms with Crippen molar-refractivity contribution in [3.8, 4) is 0 Å². The Morgan fingerprint density at radius 3 is 2.26 bits per heavy atom. The zero-order valence-corrected chi connectivity index (χ0v) is 13.9. The van der Waals surface area contributed by atoms with Gasteiger partial charge in [-0.05, 0) is 24.6 Å². The maximum absolute atomic E-state index is 11.6. The highest BCUT2D eigenvalue weighted by Crippen LogP contribution is 2.10. The Balaban J connectivity index is 1.78. The van der Waals surface area contributed by atoms with Crippen molar-refractivity contribution in [2.75, 3.05) is 46.4 Å². The molecule has 0 radical (unpaired) electrons. The van der Waals surface area contributed by atoms with E-state index >= 15 is 0 Å². The Hall–Kier alpha value is -1.92. The van der Waals surface area contributed by atoms with Crippen LogP contribution in [0.2, 0.25) is 0 Å². The van der Waals surface area contributed by atoms with E-state index in [1.165, 1.54) is 12.7 Å². The average Bonchev–Trinajstić information content (AvgIpc) is 2.57. The molecular formula is C17H25N3O3. The van der Waals surface area contributed by atoms with E-state index in [2.05, 4.69) is 15.1 Å². The van der Waals surface area contributed by atoms with E-state index in [-0.39, 0.29) is 11.9 Å². The molecule has 0 aromatic heterocycles. The standard InChI is InChI=1S/C17H25N3O3/c1-3-18-16(21)13-20-10-8-19(9-11-20)12-14-4-6-15(7-5-14)17(22)23-2/h4-7H,3,8-13H2,1-2H3,(H,18,21). The summed E-state index contributed by atoms with van der Waals surface area (Å²) < 4.78 is 4.70. The van der Waals surface area contributed by atoms with E-state index in [1.807, 2.05) is 19.1 Å². The van der Waals surface area contributed by atoms with Gasteiger partial charge in [0.05, 0.1) is 19.2 Å². The average molecular weight is 319 g/mol. The van der Waals surface area contributed by atoms with Crippen molar-refractivity contribution in [1.82, 2.24) is 15.1 Å². The van der Waals surface area contributed by atoms with E-state index in [0.717, 1.165) is 32.7 Å². The molecule has 1 aromatic carbocycles. The number of carbonyl (C=O) groups is 2. The van der Waals surface area contributed by atoms with Gasteiger partial charge in [0.15, 0.2) is 0 Å². The lowest BCUT2D eigenvalue weighted by Gasteiger charge is -2.34. The summed E-state index contributed by atoms with van der Waals surface area (Å²) in [5, 5.41) is 2.83. The smallest absolute Gasteiger partial charge is 0.337 e. The van der Waals surface area contributed by atoms with Gasteiger partial charge < -0.3 is 10.1 Å². The maximum atomic E-state index is 11.6. The number of methoxy groups -OCH3 is 1. The topological polar surface area (TPSA) is 61.9 Å². The van der Waals surface area contributed by atoms with Crippen molar-refractivity contribution in [2.45, 2.75) is 13.5 Å². The van der Waals surface area contributed by atoms with Crippen LogP contribution in [-0.4, -0.2) is 68.1 Å². The number of ether oxygens (including phenoxy) is 1. The molecule has 6 nitrogen and oxygen atoms in total. The molecule has 1 aliphatic rings. The zero-order valence-electron chi connectivity index (χ0n) is 13.9. The molecule has 0 bridgehead atoms. The highest BCUT2D eigenvalue weighted by molar-refractivity contribution is 5.89. The Bertz CT molecular complexity index is 522. The molecule has 0 aliphatic carbocycles. The number of benzene rings is 1. The molecule has 1 amide bonds. The number of likely N-dealkylation sites (N-methyl/N-ethyl adjacent to an activating group) is 1. The summed E-state index contributed by atoms with van der Waals surface area (Å²) in [7, 11) is 1.39.